The fraction of sp³-hybridized carbons (Fsp3) is 0.529. The molecule has 7 heteroatoms. The van der Waals surface area contributed by atoms with Crippen molar-refractivity contribution in [2.75, 3.05) is 30.2 Å². The predicted molar refractivity (Wildman–Crippen MR) is 93.7 cm³/mol. The summed E-state index contributed by atoms with van der Waals surface area (Å²) >= 11 is 0. The molecule has 0 atom stereocenters. The second kappa shape index (κ2) is 7.79. The van der Waals surface area contributed by atoms with Gasteiger partial charge in [0.25, 0.3) is 0 Å². The van der Waals surface area contributed by atoms with E-state index in [0.29, 0.717) is 11.3 Å². The molecule has 0 aromatic heterocycles. The smallest absolute Gasteiger partial charge is 0.232 e. The normalized spacial score (nSPS) is 15.2. The molecule has 0 spiro atoms. The highest BCUT2D eigenvalue weighted by Gasteiger charge is 2.22. The average molecular weight is 352 g/mol. The zero-order valence-corrected chi connectivity index (χ0v) is 15.0. The molecule has 1 aromatic carbocycles. The van der Waals surface area contributed by atoms with Crippen molar-refractivity contribution in [2.45, 2.75) is 32.6 Å². The third-order valence-corrected chi connectivity index (χ3v) is 5.37. The minimum absolute atomic E-state index is 0.0222. The van der Waals surface area contributed by atoms with Crippen LogP contribution < -0.4 is 4.31 Å². The Balaban J connectivity index is 2.13. The first-order valence-corrected chi connectivity index (χ1v) is 10.0. The Morgan fingerprint density at radius 1 is 1.17 bits per heavy atom. The van der Waals surface area contributed by atoms with Gasteiger partial charge in [0.05, 0.1) is 11.9 Å². The average Bonchev–Trinajstić information content (AvgIpc) is 2.54. The molecule has 0 saturated carbocycles. The maximum Gasteiger partial charge on any atom is 0.232 e. The molecule has 1 saturated heterocycles. The number of rotatable bonds is 6. The first-order valence-electron chi connectivity index (χ1n) is 8.15. The van der Waals surface area contributed by atoms with Crippen LogP contribution in [0.2, 0.25) is 0 Å². The number of ketones is 1. The lowest BCUT2D eigenvalue weighted by Gasteiger charge is -2.28. The van der Waals surface area contributed by atoms with Gasteiger partial charge in [-0.05, 0) is 38.3 Å². The molecule has 1 fully saturated rings. The lowest BCUT2D eigenvalue weighted by Crippen LogP contribution is -2.39. The highest BCUT2D eigenvalue weighted by atomic mass is 32.2. The summed E-state index contributed by atoms with van der Waals surface area (Å²) in [4.78, 5) is 25.6. The molecule has 0 aliphatic carbocycles. The van der Waals surface area contributed by atoms with Crippen molar-refractivity contribution < 1.29 is 18.0 Å². The number of likely N-dealkylation sites (tertiary alicyclic amines) is 1. The number of amides is 1. The lowest BCUT2D eigenvalue weighted by atomic mass is 10.1. The van der Waals surface area contributed by atoms with E-state index in [9.17, 15) is 18.0 Å². The van der Waals surface area contributed by atoms with Crippen LogP contribution in [0, 0.1) is 0 Å². The van der Waals surface area contributed by atoms with E-state index in [0.717, 1.165) is 38.6 Å². The summed E-state index contributed by atoms with van der Waals surface area (Å²) in [6.45, 7) is 3.01. The van der Waals surface area contributed by atoms with Crippen LogP contribution in [-0.4, -0.2) is 50.9 Å². The first-order chi connectivity index (χ1) is 11.3. The number of hydrogen-bond donors (Lipinski definition) is 0. The molecular weight excluding hydrogens is 328 g/mol. The van der Waals surface area contributed by atoms with Crippen molar-refractivity contribution in [2.24, 2.45) is 0 Å². The van der Waals surface area contributed by atoms with Gasteiger partial charge in [-0.25, -0.2) is 8.42 Å². The number of carbonyl (C=O) groups is 2. The van der Waals surface area contributed by atoms with Gasteiger partial charge in [0.1, 0.15) is 0 Å². The summed E-state index contributed by atoms with van der Waals surface area (Å²) in [7, 11) is -3.54. The van der Waals surface area contributed by atoms with Crippen molar-refractivity contribution >= 4 is 27.4 Å². The Labute approximate surface area is 143 Å². The third-order valence-electron chi connectivity index (χ3n) is 4.18. The van der Waals surface area contributed by atoms with Gasteiger partial charge in [0.2, 0.25) is 15.9 Å². The van der Waals surface area contributed by atoms with E-state index in [1.54, 1.807) is 29.2 Å². The largest absolute Gasteiger partial charge is 0.343 e. The molecule has 2 rings (SSSR count). The van der Waals surface area contributed by atoms with Crippen LogP contribution in [0.5, 0.6) is 0 Å². The number of Topliss-reactive ketones (excluding diaryl/α,β-unsaturated/α-hetero) is 1. The Hall–Kier alpha value is -1.89. The van der Waals surface area contributed by atoms with Gasteiger partial charge in [0, 0.05) is 31.6 Å². The van der Waals surface area contributed by atoms with Gasteiger partial charge in [-0.3, -0.25) is 13.9 Å². The zero-order valence-electron chi connectivity index (χ0n) is 14.2. The van der Waals surface area contributed by atoms with Gasteiger partial charge < -0.3 is 4.90 Å². The molecule has 0 unspecified atom stereocenters. The Kier molecular flexibility index (Phi) is 5.99. The summed E-state index contributed by atoms with van der Waals surface area (Å²) in [6.07, 6.45) is 4.39. The Morgan fingerprint density at radius 3 is 2.42 bits per heavy atom. The molecule has 1 heterocycles. The van der Waals surface area contributed by atoms with Crippen molar-refractivity contribution in [3.8, 4) is 0 Å². The van der Waals surface area contributed by atoms with Gasteiger partial charge in [-0.1, -0.05) is 12.1 Å². The topological polar surface area (TPSA) is 74.8 Å². The number of hydrogen-bond acceptors (Lipinski definition) is 4. The van der Waals surface area contributed by atoms with Crippen LogP contribution in [-0.2, 0) is 14.8 Å². The molecule has 0 bridgehead atoms. The maximum absolute atomic E-state index is 12.3. The fourth-order valence-corrected chi connectivity index (χ4v) is 3.78. The molecular formula is C17H24N2O4S. The minimum Gasteiger partial charge on any atom is -0.343 e. The number of piperidine rings is 1. The second-order valence-electron chi connectivity index (χ2n) is 6.13. The standard InChI is InChI=1S/C17H24N2O4S/c1-14(20)15-7-6-8-16(13-15)19(24(2,22)23)12-9-17(21)18-10-4-3-5-11-18/h6-8,13H,3-5,9-12H2,1-2H3. The van der Waals surface area contributed by atoms with E-state index >= 15 is 0 Å². The van der Waals surface area contributed by atoms with Crippen molar-refractivity contribution in [1.82, 2.24) is 4.90 Å². The molecule has 24 heavy (non-hydrogen) atoms. The number of anilines is 1. The van der Waals surface area contributed by atoms with Crippen LogP contribution in [0.3, 0.4) is 0 Å². The fourth-order valence-electron chi connectivity index (χ4n) is 2.87. The molecule has 1 aliphatic heterocycles. The predicted octanol–water partition coefficient (Wildman–Crippen LogP) is 2.06. The molecule has 132 valence electrons. The van der Waals surface area contributed by atoms with Crippen LogP contribution in [0.15, 0.2) is 24.3 Å². The minimum atomic E-state index is -3.54. The van der Waals surface area contributed by atoms with E-state index in [4.69, 9.17) is 0 Å². The quantitative estimate of drug-likeness (QED) is 0.735. The van der Waals surface area contributed by atoms with Crippen molar-refractivity contribution in [3.63, 3.8) is 0 Å². The highest BCUT2D eigenvalue weighted by Crippen LogP contribution is 2.20. The molecule has 1 amide bonds. The van der Waals surface area contributed by atoms with E-state index in [1.165, 1.54) is 11.2 Å². The summed E-state index contributed by atoms with van der Waals surface area (Å²) in [5.74, 6) is -0.152. The van der Waals surface area contributed by atoms with Gasteiger partial charge >= 0.3 is 0 Å². The molecule has 1 aromatic rings. The summed E-state index contributed by atoms with van der Waals surface area (Å²) in [5, 5.41) is 0. The van der Waals surface area contributed by atoms with Gasteiger partial charge in [-0.2, -0.15) is 0 Å². The number of sulfonamides is 1. The van der Waals surface area contributed by atoms with E-state index in [2.05, 4.69) is 0 Å². The van der Waals surface area contributed by atoms with Crippen molar-refractivity contribution in [3.05, 3.63) is 29.8 Å². The summed E-state index contributed by atoms with van der Waals surface area (Å²) in [6, 6.07) is 6.48. The highest BCUT2D eigenvalue weighted by molar-refractivity contribution is 7.92. The maximum atomic E-state index is 12.3. The van der Waals surface area contributed by atoms with Crippen LogP contribution in [0.4, 0.5) is 5.69 Å². The van der Waals surface area contributed by atoms with Crippen molar-refractivity contribution in [1.29, 1.82) is 0 Å². The summed E-state index contributed by atoms with van der Waals surface area (Å²) < 4.78 is 25.4. The molecule has 6 nitrogen and oxygen atoms in total. The van der Waals surface area contributed by atoms with Crippen LogP contribution in [0.1, 0.15) is 43.0 Å². The molecule has 0 radical (unpaired) electrons. The van der Waals surface area contributed by atoms with E-state index in [-0.39, 0.29) is 24.7 Å². The van der Waals surface area contributed by atoms with Crippen LogP contribution in [0.25, 0.3) is 0 Å². The first kappa shape index (κ1) is 18.4. The van der Waals surface area contributed by atoms with E-state index < -0.39 is 10.0 Å². The number of benzene rings is 1. The van der Waals surface area contributed by atoms with Crippen LogP contribution >= 0.6 is 0 Å². The monoisotopic (exact) mass is 352 g/mol. The number of nitrogens with zero attached hydrogens (tertiary/aromatic N) is 2. The zero-order chi connectivity index (χ0) is 17.7. The molecule has 1 aliphatic rings. The third kappa shape index (κ3) is 4.80. The van der Waals surface area contributed by atoms with E-state index in [1.807, 2.05) is 0 Å². The Bertz CT molecular complexity index is 709. The Morgan fingerprint density at radius 2 is 1.83 bits per heavy atom. The van der Waals surface area contributed by atoms with Gasteiger partial charge in [0.15, 0.2) is 5.78 Å². The second-order valence-corrected chi connectivity index (χ2v) is 8.04. The number of carbonyl (C=O) groups excluding carboxylic acids is 2. The summed E-state index contributed by atoms with van der Waals surface area (Å²) in [5.41, 5.74) is 0.861. The van der Waals surface area contributed by atoms with Gasteiger partial charge in [-0.15, -0.1) is 0 Å². The SMILES string of the molecule is CC(=O)c1cccc(N(CCC(=O)N2CCCCC2)S(C)(=O)=O)c1. The lowest BCUT2D eigenvalue weighted by molar-refractivity contribution is -0.131. The molecule has 0 N–H and O–H groups in total.